The van der Waals surface area contributed by atoms with E-state index in [0.717, 1.165) is 14.8 Å². The minimum absolute atomic E-state index is 0.216. The molecule has 2 nitrogen and oxygen atoms in total. The van der Waals surface area contributed by atoms with Crippen LogP contribution in [-0.2, 0) is 6.42 Å². The molecule has 0 spiro atoms. The first kappa shape index (κ1) is 11.6. The van der Waals surface area contributed by atoms with Crippen molar-refractivity contribution in [2.45, 2.75) is 15.7 Å². The number of halogens is 1. The van der Waals surface area contributed by atoms with Crippen molar-refractivity contribution in [3.8, 4) is 0 Å². The summed E-state index contributed by atoms with van der Waals surface area (Å²) in [4.78, 5) is 5.22. The fourth-order valence-corrected chi connectivity index (χ4v) is 3.07. The Bertz CT molecular complexity index is 457. The molecule has 0 bridgehead atoms. The molecule has 2 N–H and O–H groups in total. The molecule has 2 rings (SSSR count). The van der Waals surface area contributed by atoms with Crippen LogP contribution < -0.4 is 5.73 Å². The molecule has 0 aliphatic heterocycles. The van der Waals surface area contributed by atoms with Crippen LogP contribution in [0.15, 0.2) is 39.0 Å². The standard InChI is InChI=1S/C11H11FN2S2/c12-9-1-2-10(8(7-9)3-4-13)16-11-14-5-6-15-11/h1-2,5-7H,3-4,13H2. The summed E-state index contributed by atoms with van der Waals surface area (Å²) >= 11 is 3.13. The van der Waals surface area contributed by atoms with Gasteiger partial charge in [-0.25, -0.2) is 9.37 Å². The zero-order chi connectivity index (χ0) is 11.4. The average molecular weight is 254 g/mol. The number of nitrogens with zero attached hydrogens (tertiary/aromatic N) is 1. The lowest BCUT2D eigenvalue weighted by molar-refractivity contribution is 0.623. The summed E-state index contributed by atoms with van der Waals surface area (Å²) in [5.74, 6) is -0.216. The van der Waals surface area contributed by atoms with Gasteiger partial charge in [0, 0.05) is 16.5 Å². The molecule has 5 heteroatoms. The van der Waals surface area contributed by atoms with Crippen LogP contribution in [0.3, 0.4) is 0 Å². The topological polar surface area (TPSA) is 38.9 Å². The van der Waals surface area contributed by atoms with E-state index in [-0.39, 0.29) is 5.82 Å². The normalized spacial score (nSPS) is 10.6. The van der Waals surface area contributed by atoms with E-state index in [0.29, 0.717) is 13.0 Å². The van der Waals surface area contributed by atoms with Gasteiger partial charge in [0.05, 0.1) is 0 Å². The van der Waals surface area contributed by atoms with Gasteiger partial charge >= 0.3 is 0 Å². The lowest BCUT2D eigenvalue weighted by Gasteiger charge is -2.06. The number of hydrogen-bond acceptors (Lipinski definition) is 4. The first-order valence-electron chi connectivity index (χ1n) is 4.85. The molecule has 0 saturated carbocycles. The Morgan fingerprint density at radius 2 is 2.31 bits per heavy atom. The summed E-state index contributed by atoms with van der Waals surface area (Å²) in [6.45, 7) is 0.523. The molecule has 0 radical (unpaired) electrons. The molecule has 1 aromatic heterocycles. The molecular weight excluding hydrogens is 243 g/mol. The second-order valence-corrected chi connectivity index (χ2v) is 5.37. The minimum atomic E-state index is -0.216. The third-order valence-corrected chi connectivity index (χ3v) is 4.04. The van der Waals surface area contributed by atoms with Crippen molar-refractivity contribution in [2.24, 2.45) is 5.73 Å². The van der Waals surface area contributed by atoms with Gasteiger partial charge in [0.1, 0.15) is 5.82 Å². The van der Waals surface area contributed by atoms with Crippen LogP contribution in [0.5, 0.6) is 0 Å². The Morgan fingerprint density at radius 3 is 3.00 bits per heavy atom. The van der Waals surface area contributed by atoms with Gasteiger partial charge in [0.25, 0.3) is 0 Å². The summed E-state index contributed by atoms with van der Waals surface area (Å²) in [6.07, 6.45) is 2.45. The Labute approximate surface area is 102 Å². The maximum absolute atomic E-state index is 13.1. The number of rotatable bonds is 4. The molecule has 0 aliphatic carbocycles. The molecule has 0 saturated heterocycles. The monoisotopic (exact) mass is 254 g/mol. The number of thiazole rings is 1. The summed E-state index contributed by atoms with van der Waals surface area (Å²) in [6, 6.07) is 4.80. The summed E-state index contributed by atoms with van der Waals surface area (Å²) in [5.41, 5.74) is 6.46. The molecule has 1 heterocycles. The van der Waals surface area contributed by atoms with Gasteiger partial charge < -0.3 is 5.73 Å². The van der Waals surface area contributed by atoms with Crippen LogP contribution in [0, 0.1) is 5.82 Å². The molecule has 0 aliphatic rings. The van der Waals surface area contributed by atoms with E-state index >= 15 is 0 Å². The van der Waals surface area contributed by atoms with Crippen LogP contribution in [0.4, 0.5) is 4.39 Å². The second-order valence-electron chi connectivity index (χ2n) is 3.19. The lowest BCUT2D eigenvalue weighted by atomic mass is 10.1. The highest BCUT2D eigenvalue weighted by molar-refractivity contribution is 8.01. The fourth-order valence-electron chi connectivity index (χ4n) is 1.35. The van der Waals surface area contributed by atoms with E-state index in [4.69, 9.17) is 5.73 Å². The number of benzene rings is 1. The number of hydrogen-bond donors (Lipinski definition) is 1. The van der Waals surface area contributed by atoms with Gasteiger partial charge in [0.2, 0.25) is 0 Å². The molecule has 0 atom stereocenters. The van der Waals surface area contributed by atoms with Crippen molar-refractivity contribution in [1.29, 1.82) is 0 Å². The van der Waals surface area contributed by atoms with Crippen molar-refractivity contribution < 1.29 is 4.39 Å². The smallest absolute Gasteiger partial charge is 0.154 e. The van der Waals surface area contributed by atoms with E-state index in [1.165, 1.54) is 6.07 Å². The molecule has 2 aromatic rings. The number of nitrogens with two attached hydrogens (primary N) is 1. The number of aromatic nitrogens is 1. The van der Waals surface area contributed by atoms with E-state index in [1.807, 2.05) is 5.38 Å². The van der Waals surface area contributed by atoms with E-state index in [2.05, 4.69) is 4.98 Å². The first-order valence-corrected chi connectivity index (χ1v) is 6.55. The highest BCUT2D eigenvalue weighted by atomic mass is 32.2. The highest BCUT2D eigenvalue weighted by Crippen LogP contribution is 2.32. The zero-order valence-corrected chi connectivity index (χ0v) is 10.2. The molecule has 84 valence electrons. The van der Waals surface area contributed by atoms with Crippen molar-refractivity contribution in [2.75, 3.05) is 6.54 Å². The van der Waals surface area contributed by atoms with Crippen LogP contribution in [-0.4, -0.2) is 11.5 Å². The van der Waals surface area contributed by atoms with Gasteiger partial charge in [-0.3, -0.25) is 0 Å². The Balaban J connectivity index is 2.25. The lowest BCUT2D eigenvalue weighted by Crippen LogP contribution is -2.04. The molecule has 0 fully saturated rings. The van der Waals surface area contributed by atoms with Gasteiger partial charge in [0.15, 0.2) is 4.34 Å². The molecule has 1 aromatic carbocycles. The van der Waals surface area contributed by atoms with Crippen molar-refractivity contribution in [3.63, 3.8) is 0 Å². The van der Waals surface area contributed by atoms with Crippen molar-refractivity contribution >= 4 is 23.1 Å². The van der Waals surface area contributed by atoms with Crippen LogP contribution in [0.2, 0.25) is 0 Å². The third-order valence-electron chi connectivity index (χ3n) is 2.04. The highest BCUT2D eigenvalue weighted by Gasteiger charge is 2.06. The van der Waals surface area contributed by atoms with E-state index < -0.39 is 0 Å². The van der Waals surface area contributed by atoms with Gasteiger partial charge in [-0.05, 0) is 36.7 Å². The maximum atomic E-state index is 13.1. The quantitative estimate of drug-likeness (QED) is 0.911. The van der Waals surface area contributed by atoms with Crippen molar-refractivity contribution in [3.05, 3.63) is 41.2 Å². The SMILES string of the molecule is NCCc1cc(F)ccc1Sc1nccs1. The van der Waals surface area contributed by atoms with E-state index in [1.54, 1.807) is 41.4 Å². The summed E-state index contributed by atoms with van der Waals surface area (Å²) < 4.78 is 14.0. The summed E-state index contributed by atoms with van der Waals surface area (Å²) in [5, 5.41) is 1.93. The Hall–Kier alpha value is -0.910. The largest absolute Gasteiger partial charge is 0.330 e. The van der Waals surface area contributed by atoms with Crippen LogP contribution in [0.1, 0.15) is 5.56 Å². The van der Waals surface area contributed by atoms with Gasteiger partial charge in [-0.15, -0.1) is 11.3 Å². The van der Waals surface area contributed by atoms with E-state index in [9.17, 15) is 4.39 Å². The van der Waals surface area contributed by atoms with Crippen molar-refractivity contribution in [1.82, 2.24) is 4.98 Å². The molecular formula is C11H11FN2S2. The fraction of sp³-hybridized carbons (Fsp3) is 0.182. The molecule has 0 unspecified atom stereocenters. The minimum Gasteiger partial charge on any atom is -0.330 e. The molecule has 0 amide bonds. The van der Waals surface area contributed by atoms with Crippen LogP contribution >= 0.6 is 23.1 Å². The van der Waals surface area contributed by atoms with Gasteiger partial charge in [-0.1, -0.05) is 11.8 Å². The predicted molar refractivity (Wildman–Crippen MR) is 65.4 cm³/mol. The predicted octanol–water partition coefficient (Wildman–Crippen LogP) is 2.93. The average Bonchev–Trinajstić information content (AvgIpc) is 2.75. The third kappa shape index (κ3) is 2.81. The van der Waals surface area contributed by atoms with Gasteiger partial charge in [-0.2, -0.15) is 0 Å². The zero-order valence-electron chi connectivity index (χ0n) is 8.52. The molecule has 16 heavy (non-hydrogen) atoms. The maximum Gasteiger partial charge on any atom is 0.154 e. The Morgan fingerprint density at radius 1 is 1.44 bits per heavy atom. The second kappa shape index (κ2) is 5.43. The summed E-state index contributed by atoms with van der Waals surface area (Å²) in [7, 11) is 0. The Kier molecular flexibility index (Phi) is 3.93. The van der Waals surface area contributed by atoms with Crippen LogP contribution in [0.25, 0.3) is 0 Å². The first-order chi connectivity index (χ1) is 7.79.